The van der Waals surface area contributed by atoms with Crippen LogP contribution < -0.4 is 4.74 Å². The number of ether oxygens (including phenoxy) is 1. The standard InChI is InChI=1S/C28H28ClNO2/c29-24-14-16-25(17-15-24)32-19-26(31)30-27(20-8-3-1-4-9-20)22-12-7-13-23(18-22)28(30)21-10-5-2-6-11-21/h1-6,8-11,14-17,22-23,27-28H,7,12-13,18-19H2. The highest BCUT2D eigenvalue weighted by Gasteiger charge is 2.47. The van der Waals surface area contributed by atoms with Crippen LogP contribution in [0.2, 0.25) is 5.02 Å². The average Bonchev–Trinajstić information content (AvgIpc) is 2.84. The topological polar surface area (TPSA) is 29.5 Å². The van der Waals surface area contributed by atoms with E-state index in [0.717, 1.165) is 0 Å². The molecule has 1 saturated carbocycles. The van der Waals surface area contributed by atoms with E-state index in [4.69, 9.17) is 16.3 Å². The van der Waals surface area contributed by atoms with Gasteiger partial charge in [-0.25, -0.2) is 0 Å². The molecule has 0 radical (unpaired) electrons. The number of rotatable bonds is 5. The summed E-state index contributed by atoms with van der Waals surface area (Å²) in [5.74, 6) is 1.66. The highest BCUT2D eigenvalue weighted by molar-refractivity contribution is 6.30. The van der Waals surface area contributed by atoms with E-state index in [1.807, 2.05) is 24.3 Å². The van der Waals surface area contributed by atoms with Crippen LogP contribution >= 0.6 is 11.6 Å². The van der Waals surface area contributed by atoms with Crippen molar-refractivity contribution in [2.24, 2.45) is 11.8 Å². The molecule has 1 heterocycles. The maximum absolute atomic E-state index is 13.8. The average molecular weight is 446 g/mol. The summed E-state index contributed by atoms with van der Waals surface area (Å²) in [6, 6.07) is 28.4. The zero-order valence-electron chi connectivity index (χ0n) is 18.1. The van der Waals surface area contributed by atoms with Crippen LogP contribution in [-0.2, 0) is 4.79 Å². The summed E-state index contributed by atoms with van der Waals surface area (Å²) in [6.45, 7) is 0.0216. The Kier molecular flexibility index (Phi) is 6.18. The monoisotopic (exact) mass is 445 g/mol. The first-order valence-electron chi connectivity index (χ1n) is 11.5. The van der Waals surface area contributed by atoms with Gasteiger partial charge in [-0.1, -0.05) is 78.7 Å². The van der Waals surface area contributed by atoms with Crippen LogP contribution in [0.4, 0.5) is 0 Å². The van der Waals surface area contributed by atoms with Gasteiger partial charge in [-0.15, -0.1) is 0 Å². The Morgan fingerprint density at radius 3 is 1.88 bits per heavy atom. The van der Waals surface area contributed by atoms with Gasteiger partial charge >= 0.3 is 0 Å². The van der Waals surface area contributed by atoms with E-state index in [1.54, 1.807) is 12.1 Å². The van der Waals surface area contributed by atoms with Gasteiger partial charge in [0.1, 0.15) is 5.75 Å². The lowest BCUT2D eigenvalue weighted by Crippen LogP contribution is -2.51. The molecule has 4 unspecified atom stereocenters. The lowest BCUT2D eigenvalue weighted by Gasteiger charge is -2.53. The van der Waals surface area contributed by atoms with Crippen LogP contribution in [0.1, 0.15) is 48.9 Å². The number of hydrogen-bond acceptors (Lipinski definition) is 2. The third-order valence-corrected chi connectivity index (χ3v) is 7.25. The van der Waals surface area contributed by atoms with Crippen LogP contribution in [0.3, 0.4) is 0 Å². The van der Waals surface area contributed by atoms with Crippen LogP contribution in [0.25, 0.3) is 0 Å². The zero-order valence-corrected chi connectivity index (χ0v) is 18.8. The number of piperidine rings is 1. The summed E-state index contributed by atoms with van der Waals surface area (Å²) in [5.41, 5.74) is 2.44. The van der Waals surface area contributed by atoms with Crippen molar-refractivity contribution in [1.29, 1.82) is 0 Å². The summed E-state index contributed by atoms with van der Waals surface area (Å²) in [6.07, 6.45) is 4.73. The van der Waals surface area contributed by atoms with Crippen molar-refractivity contribution in [1.82, 2.24) is 4.90 Å². The molecule has 3 aromatic rings. The minimum absolute atomic E-state index is 0.0216. The summed E-state index contributed by atoms with van der Waals surface area (Å²) in [4.78, 5) is 16.0. The molecular weight excluding hydrogens is 418 g/mol. The van der Waals surface area contributed by atoms with Gasteiger partial charge in [-0.05, 0) is 66.5 Å². The van der Waals surface area contributed by atoms with Crippen molar-refractivity contribution in [2.45, 2.75) is 37.8 Å². The number of nitrogens with zero attached hydrogens (tertiary/aromatic N) is 1. The molecule has 3 nitrogen and oxygen atoms in total. The molecule has 4 heteroatoms. The lowest BCUT2D eigenvalue weighted by molar-refractivity contribution is -0.148. The second kappa shape index (κ2) is 9.38. The van der Waals surface area contributed by atoms with Crippen LogP contribution in [0.5, 0.6) is 5.75 Å². The minimum atomic E-state index is 0.0216. The molecule has 1 aliphatic carbocycles. The van der Waals surface area contributed by atoms with Gasteiger partial charge < -0.3 is 9.64 Å². The highest BCUT2D eigenvalue weighted by atomic mass is 35.5. The molecule has 32 heavy (non-hydrogen) atoms. The van der Waals surface area contributed by atoms with Crippen LogP contribution in [0.15, 0.2) is 84.9 Å². The molecule has 0 N–H and O–H groups in total. The maximum Gasteiger partial charge on any atom is 0.261 e. The van der Waals surface area contributed by atoms with E-state index in [-0.39, 0.29) is 24.6 Å². The molecule has 0 spiro atoms. The molecule has 1 saturated heterocycles. The number of fused-ring (bicyclic) bond motifs is 2. The van der Waals surface area contributed by atoms with Gasteiger partial charge in [-0.2, -0.15) is 0 Å². The molecule has 2 aliphatic rings. The van der Waals surface area contributed by atoms with Crippen LogP contribution in [-0.4, -0.2) is 17.4 Å². The zero-order chi connectivity index (χ0) is 21.9. The third-order valence-electron chi connectivity index (χ3n) is 6.99. The molecule has 1 amide bonds. The number of hydrogen-bond donors (Lipinski definition) is 0. The molecular formula is C28H28ClNO2. The van der Waals surface area contributed by atoms with Crippen molar-refractivity contribution < 1.29 is 9.53 Å². The van der Waals surface area contributed by atoms with E-state index < -0.39 is 0 Å². The van der Waals surface area contributed by atoms with Crippen molar-refractivity contribution >= 4 is 17.5 Å². The first kappa shape index (κ1) is 21.1. The number of benzene rings is 3. The van der Waals surface area contributed by atoms with Gasteiger partial charge in [0.25, 0.3) is 5.91 Å². The maximum atomic E-state index is 13.8. The SMILES string of the molecule is O=C(COc1ccc(Cl)cc1)N1C(c2ccccc2)C2CCCC(C2)C1c1ccccc1. The molecule has 3 aromatic carbocycles. The Morgan fingerprint density at radius 1 is 0.812 bits per heavy atom. The summed E-state index contributed by atoms with van der Waals surface area (Å²) >= 11 is 5.99. The first-order valence-corrected chi connectivity index (χ1v) is 11.9. The fourth-order valence-electron chi connectivity index (χ4n) is 5.69. The Hall–Kier alpha value is -2.78. The van der Waals surface area contributed by atoms with Gasteiger partial charge in [0.05, 0.1) is 12.1 Å². The first-order chi connectivity index (χ1) is 15.7. The Morgan fingerprint density at radius 2 is 1.34 bits per heavy atom. The van der Waals surface area contributed by atoms with E-state index >= 15 is 0 Å². The largest absolute Gasteiger partial charge is 0.484 e. The van der Waals surface area contributed by atoms with Gasteiger partial charge in [0.2, 0.25) is 0 Å². The normalized spacial score (nSPS) is 24.7. The molecule has 0 aromatic heterocycles. The Labute approximate surface area is 195 Å². The molecule has 5 rings (SSSR count). The second-order valence-corrected chi connectivity index (χ2v) is 9.38. The molecule has 1 aliphatic heterocycles. The van der Waals surface area contributed by atoms with Crippen molar-refractivity contribution in [3.63, 3.8) is 0 Å². The third kappa shape index (κ3) is 4.27. The highest BCUT2D eigenvalue weighted by Crippen LogP contribution is 2.53. The summed E-state index contributed by atoms with van der Waals surface area (Å²) in [7, 11) is 0. The van der Waals surface area contributed by atoms with Gasteiger partial charge in [0.15, 0.2) is 6.61 Å². The summed E-state index contributed by atoms with van der Waals surface area (Å²) < 4.78 is 5.92. The predicted octanol–water partition coefficient (Wildman–Crippen LogP) is 6.85. The van der Waals surface area contributed by atoms with Crippen molar-refractivity contribution in [3.8, 4) is 5.75 Å². The van der Waals surface area contributed by atoms with Crippen molar-refractivity contribution in [3.05, 3.63) is 101 Å². The van der Waals surface area contributed by atoms with Gasteiger partial charge in [-0.3, -0.25) is 4.79 Å². The van der Waals surface area contributed by atoms with Crippen molar-refractivity contribution in [2.75, 3.05) is 6.61 Å². The molecule has 164 valence electrons. The minimum Gasteiger partial charge on any atom is -0.484 e. The van der Waals surface area contributed by atoms with E-state index in [1.165, 1.54) is 36.8 Å². The predicted molar refractivity (Wildman–Crippen MR) is 128 cm³/mol. The molecule has 4 atom stereocenters. The second-order valence-electron chi connectivity index (χ2n) is 8.94. The van der Waals surface area contributed by atoms with Crippen LogP contribution in [0, 0.1) is 11.8 Å². The number of carbonyl (C=O) groups excluding carboxylic acids is 1. The molecule has 2 bridgehead atoms. The fourth-order valence-corrected chi connectivity index (χ4v) is 5.82. The Balaban J connectivity index is 1.51. The smallest absolute Gasteiger partial charge is 0.261 e. The van der Waals surface area contributed by atoms with E-state index in [0.29, 0.717) is 22.6 Å². The lowest BCUT2D eigenvalue weighted by atomic mass is 9.67. The number of carbonyl (C=O) groups is 1. The van der Waals surface area contributed by atoms with E-state index in [9.17, 15) is 4.79 Å². The fraction of sp³-hybridized carbons (Fsp3) is 0.321. The van der Waals surface area contributed by atoms with Gasteiger partial charge in [0, 0.05) is 5.02 Å². The Bertz CT molecular complexity index is 985. The van der Waals surface area contributed by atoms with E-state index in [2.05, 4.69) is 53.4 Å². The number of likely N-dealkylation sites (tertiary alicyclic amines) is 1. The summed E-state index contributed by atoms with van der Waals surface area (Å²) in [5, 5.41) is 0.654. The quantitative estimate of drug-likeness (QED) is 0.429. The number of halogens is 1. The number of amides is 1. The molecule has 2 fully saturated rings.